The van der Waals surface area contributed by atoms with Gasteiger partial charge in [-0.1, -0.05) is 12.1 Å². The number of carbonyl (C=O) groups excluding carboxylic acids is 1. The molecule has 0 aliphatic rings. The van der Waals surface area contributed by atoms with Gasteiger partial charge in [0.1, 0.15) is 5.75 Å². The molecule has 1 amide bonds. The van der Waals surface area contributed by atoms with Crippen LogP contribution in [0, 0.1) is 0 Å². The number of hydrazone groups is 1. The summed E-state index contributed by atoms with van der Waals surface area (Å²) in [4.78, 5) is 16.7. The lowest BCUT2D eigenvalue weighted by Gasteiger charge is -2.09. The normalized spacial score (nSPS) is 11.7. The van der Waals surface area contributed by atoms with Gasteiger partial charge >= 0.3 is 0 Å². The summed E-state index contributed by atoms with van der Waals surface area (Å²) in [5, 5.41) is 5.57. The van der Waals surface area contributed by atoms with Gasteiger partial charge in [-0.3, -0.25) is 4.79 Å². The first-order chi connectivity index (χ1) is 13.6. The van der Waals surface area contributed by atoms with E-state index in [1.807, 2.05) is 48.7 Å². The van der Waals surface area contributed by atoms with E-state index in [0.717, 1.165) is 32.4 Å². The van der Waals surface area contributed by atoms with Crippen LogP contribution in [-0.4, -0.2) is 28.8 Å². The average Bonchev–Trinajstić information content (AvgIpc) is 3.29. The predicted molar refractivity (Wildman–Crippen MR) is 114 cm³/mol. The number of hydrogen-bond donors (Lipinski definition) is 1. The number of ether oxygens (including phenoxy) is 1. The number of hydrogen-bond acceptors (Lipinski definition) is 5. The summed E-state index contributed by atoms with van der Waals surface area (Å²) in [5.74, 6) is 0.463. The molecule has 0 saturated carbocycles. The molecular weight excluding hydrogens is 372 g/mol. The number of carbonyl (C=O) groups is 1. The van der Waals surface area contributed by atoms with E-state index in [-0.39, 0.29) is 5.91 Å². The van der Waals surface area contributed by atoms with Crippen molar-refractivity contribution in [3.8, 4) is 5.75 Å². The molecule has 1 N–H and O–H groups in total. The van der Waals surface area contributed by atoms with E-state index in [1.165, 1.54) is 11.3 Å². The molecule has 0 aliphatic heterocycles. The van der Waals surface area contributed by atoms with Gasteiger partial charge in [-0.05, 0) is 44.2 Å². The highest BCUT2D eigenvalue weighted by molar-refractivity contribution is 7.20. The van der Waals surface area contributed by atoms with Crippen LogP contribution in [0.3, 0.4) is 0 Å². The molecule has 0 saturated heterocycles. The molecule has 0 aliphatic carbocycles. The number of rotatable bonds is 5. The second kappa shape index (κ2) is 7.44. The Morgan fingerprint density at radius 3 is 2.86 bits per heavy atom. The number of amides is 1. The van der Waals surface area contributed by atoms with E-state index in [1.54, 1.807) is 13.3 Å². The van der Waals surface area contributed by atoms with Gasteiger partial charge in [0.15, 0.2) is 5.01 Å². The van der Waals surface area contributed by atoms with Gasteiger partial charge < -0.3 is 9.30 Å². The highest BCUT2D eigenvalue weighted by Gasteiger charge is 2.12. The molecule has 4 aromatic rings. The molecule has 7 heteroatoms. The first kappa shape index (κ1) is 18.2. The van der Waals surface area contributed by atoms with Gasteiger partial charge in [0, 0.05) is 28.7 Å². The van der Waals surface area contributed by atoms with Crippen molar-refractivity contribution in [2.24, 2.45) is 5.10 Å². The first-order valence-corrected chi connectivity index (χ1v) is 9.76. The lowest BCUT2D eigenvalue weighted by atomic mass is 10.2. The fourth-order valence-electron chi connectivity index (χ4n) is 3.10. The number of aromatic nitrogens is 2. The number of nitrogens with zero attached hydrogens (tertiary/aromatic N) is 3. The van der Waals surface area contributed by atoms with E-state index in [0.29, 0.717) is 11.0 Å². The monoisotopic (exact) mass is 392 g/mol. The zero-order valence-electron chi connectivity index (χ0n) is 15.8. The fraction of sp³-hybridized carbons (Fsp3) is 0.190. The highest BCUT2D eigenvalue weighted by atomic mass is 32.1. The van der Waals surface area contributed by atoms with E-state index < -0.39 is 0 Å². The zero-order valence-corrected chi connectivity index (χ0v) is 16.7. The number of nitrogens with one attached hydrogen (secondary N) is 1. The predicted octanol–water partition coefficient (Wildman–Crippen LogP) is 4.60. The molecule has 0 fully saturated rings. The van der Waals surface area contributed by atoms with Gasteiger partial charge in [0.05, 0.1) is 23.5 Å². The van der Waals surface area contributed by atoms with Gasteiger partial charge in [-0.15, -0.1) is 11.3 Å². The molecule has 6 nitrogen and oxygen atoms in total. The molecular formula is C21H20N4O2S. The van der Waals surface area contributed by atoms with E-state index in [2.05, 4.69) is 33.9 Å². The summed E-state index contributed by atoms with van der Waals surface area (Å²) in [6.45, 7) is 4.25. The van der Waals surface area contributed by atoms with Crippen LogP contribution in [0.1, 0.15) is 35.3 Å². The summed E-state index contributed by atoms with van der Waals surface area (Å²) in [6.07, 6.45) is 3.69. The minimum absolute atomic E-state index is 0.301. The number of para-hydroxylation sites is 1. The van der Waals surface area contributed by atoms with Crippen LogP contribution in [0.15, 0.2) is 53.8 Å². The topological polar surface area (TPSA) is 68.5 Å². The van der Waals surface area contributed by atoms with E-state index in [4.69, 9.17) is 4.74 Å². The third kappa shape index (κ3) is 3.36. The van der Waals surface area contributed by atoms with Crippen molar-refractivity contribution >= 4 is 44.6 Å². The fourth-order valence-corrected chi connectivity index (χ4v) is 3.95. The molecule has 2 heterocycles. The van der Waals surface area contributed by atoms with Crippen LogP contribution < -0.4 is 10.2 Å². The summed E-state index contributed by atoms with van der Waals surface area (Å²) < 4.78 is 8.49. The molecule has 0 radical (unpaired) electrons. The Morgan fingerprint density at radius 2 is 2.11 bits per heavy atom. The number of methoxy groups -OCH3 is 1. The third-order valence-electron chi connectivity index (χ3n) is 4.49. The van der Waals surface area contributed by atoms with Crippen LogP contribution in [-0.2, 0) is 0 Å². The van der Waals surface area contributed by atoms with Crippen LogP contribution in [0.25, 0.3) is 21.1 Å². The zero-order chi connectivity index (χ0) is 19.7. The Kier molecular flexibility index (Phi) is 4.83. The minimum Gasteiger partial charge on any atom is -0.497 e. The number of benzene rings is 2. The molecule has 0 spiro atoms. The van der Waals surface area contributed by atoms with Gasteiger partial charge in [-0.25, -0.2) is 10.4 Å². The second-order valence-corrected chi connectivity index (χ2v) is 7.69. The third-order valence-corrected chi connectivity index (χ3v) is 5.52. The molecule has 2 aromatic carbocycles. The summed E-state index contributed by atoms with van der Waals surface area (Å²) >= 11 is 1.35. The molecule has 0 atom stereocenters. The van der Waals surface area contributed by atoms with Crippen molar-refractivity contribution in [2.75, 3.05) is 7.11 Å². The molecule has 0 unspecified atom stereocenters. The Morgan fingerprint density at radius 1 is 1.29 bits per heavy atom. The van der Waals surface area contributed by atoms with Crippen LogP contribution in [0.5, 0.6) is 5.75 Å². The summed E-state index contributed by atoms with van der Waals surface area (Å²) in [6, 6.07) is 13.9. The van der Waals surface area contributed by atoms with Crippen molar-refractivity contribution in [3.05, 3.63) is 59.2 Å². The smallest absolute Gasteiger partial charge is 0.300 e. The maximum Gasteiger partial charge on any atom is 0.300 e. The Labute approximate surface area is 166 Å². The molecule has 28 heavy (non-hydrogen) atoms. The Bertz CT molecular complexity index is 1160. The van der Waals surface area contributed by atoms with Crippen molar-refractivity contribution in [3.63, 3.8) is 0 Å². The Balaban J connectivity index is 1.60. The van der Waals surface area contributed by atoms with Crippen LogP contribution in [0.4, 0.5) is 0 Å². The maximum absolute atomic E-state index is 12.4. The van der Waals surface area contributed by atoms with Gasteiger partial charge in [0.2, 0.25) is 0 Å². The van der Waals surface area contributed by atoms with Gasteiger partial charge in [-0.2, -0.15) is 5.10 Å². The average molecular weight is 392 g/mol. The van der Waals surface area contributed by atoms with Crippen molar-refractivity contribution in [1.82, 2.24) is 15.0 Å². The van der Waals surface area contributed by atoms with E-state index >= 15 is 0 Å². The standard InChI is InChI=1S/C21H20N4O2S/c1-13(2)25-12-14(16-10-15(27-3)8-9-18(16)25)11-22-24-20(26)21-23-17-6-4-5-7-19(17)28-21/h4-13H,1-3H3,(H,24,26)/b22-11+. The molecule has 0 bridgehead atoms. The largest absolute Gasteiger partial charge is 0.497 e. The van der Waals surface area contributed by atoms with Crippen molar-refractivity contribution < 1.29 is 9.53 Å². The molecule has 2 aromatic heterocycles. The Hall–Kier alpha value is -3.19. The lowest BCUT2D eigenvalue weighted by Crippen LogP contribution is -2.17. The van der Waals surface area contributed by atoms with E-state index in [9.17, 15) is 4.79 Å². The highest BCUT2D eigenvalue weighted by Crippen LogP contribution is 2.27. The van der Waals surface area contributed by atoms with Gasteiger partial charge in [0.25, 0.3) is 5.91 Å². The van der Waals surface area contributed by atoms with Crippen molar-refractivity contribution in [1.29, 1.82) is 0 Å². The summed E-state index contributed by atoms with van der Waals surface area (Å²) in [7, 11) is 1.65. The van der Waals surface area contributed by atoms with Crippen molar-refractivity contribution in [2.45, 2.75) is 19.9 Å². The second-order valence-electron chi connectivity index (χ2n) is 6.65. The molecule has 142 valence electrons. The maximum atomic E-state index is 12.4. The quantitative estimate of drug-likeness (QED) is 0.398. The first-order valence-electron chi connectivity index (χ1n) is 8.94. The SMILES string of the molecule is COc1ccc2c(c1)c(/C=N/NC(=O)c1nc3ccccc3s1)cn2C(C)C. The summed E-state index contributed by atoms with van der Waals surface area (Å²) in [5.41, 5.74) is 5.39. The molecule has 4 rings (SSSR count). The minimum atomic E-state index is -0.317. The number of fused-ring (bicyclic) bond motifs is 2. The lowest BCUT2D eigenvalue weighted by molar-refractivity contribution is 0.0955. The number of thiazole rings is 1. The van der Waals surface area contributed by atoms with Crippen LogP contribution >= 0.6 is 11.3 Å². The van der Waals surface area contributed by atoms with Crippen LogP contribution in [0.2, 0.25) is 0 Å².